The molecular formula is C20H22F3N7O4S2. The molecule has 0 spiro atoms. The van der Waals surface area contributed by atoms with Crippen LogP contribution in [-0.2, 0) is 32.6 Å². The normalized spacial score (nSPS) is 12.3. The number of halogens is 3. The molecule has 0 aliphatic heterocycles. The molecule has 0 aliphatic carbocycles. The van der Waals surface area contributed by atoms with Crippen molar-refractivity contribution in [2.75, 3.05) is 34.5 Å². The molecule has 0 radical (unpaired) electrons. The van der Waals surface area contributed by atoms with Gasteiger partial charge in [0.25, 0.3) is 0 Å². The summed E-state index contributed by atoms with van der Waals surface area (Å²) in [5.41, 5.74) is -0.0656. The van der Waals surface area contributed by atoms with Crippen LogP contribution in [0.3, 0.4) is 0 Å². The minimum atomic E-state index is -4.78. The highest BCUT2D eigenvalue weighted by Crippen LogP contribution is 2.34. The first-order valence-corrected chi connectivity index (χ1v) is 13.8. The van der Waals surface area contributed by atoms with E-state index >= 15 is 0 Å². The lowest BCUT2D eigenvalue weighted by molar-refractivity contribution is -0.137. The standard InChI is InChI=1S/C20H22F3N7O4S2/c1-12-5-6-13(18(27-12)30(2)36(4,33)34)9-25-17-15(20(21,22)23)11-26-19(29-17)28-14-7-8-16(24-10-14)35(3,31)32/h5-8,10-11H,9H2,1-4H3,(H2,25,26,28,29). The topological polar surface area (TPSA) is 147 Å². The maximum atomic E-state index is 13.6. The van der Waals surface area contributed by atoms with E-state index in [2.05, 4.69) is 30.6 Å². The fourth-order valence-corrected chi connectivity index (χ4v) is 3.94. The number of anilines is 4. The van der Waals surface area contributed by atoms with Crippen LogP contribution < -0.4 is 14.9 Å². The van der Waals surface area contributed by atoms with Gasteiger partial charge < -0.3 is 10.6 Å². The van der Waals surface area contributed by atoms with E-state index in [0.29, 0.717) is 17.5 Å². The second-order valence-corrected chi connectivity index (χ2v) is 11.7. The Kier molecular flexibility index (Phi) is 7.40. The number of hydrogen-bond donors (Lipinski definition) is 2. The number of nitrogens with one attached hydrogen (secondary N) is 2. The lowest BCUT2D eigenvalue weighted by Gasteiger charge is -2.20. The van der Waals surface area contributed by atoms with Gasteiger partial charge in [-0.25, -0.2) is 31.8 Å². The molecule has 3 heterocycles. The van der Waals surface area contributed by atoms with Crippen LogP contribution in [0.2, 0.25) is 0 Å². The molecule has 2 N–H and O–H groups in total. The number of pyridine rings is 2. The summed E-state index contributed by atoms with van der Waals surface area (Å²) in [4.78, 5) is 15.6. The second kappa shape index (κ2) is 9.85. The Morgan fingerprint density at radius 2 is 1.67 bits per heavy atom. The number of nitrogens with zero attached hydrogens (tertiary/aromatic N) is 5. The highest BCUT2D eigenvalue weighted by molar-refractivity contribution is 7.92. The van der Waals surface area contributed by atoms with Crippen molar-refractivity contribution in [3.63, 3.8) is 0 Å². The zero-order valence-electron chi connectivity index (χ0n) is 19.5. The van der Waals surface area contributed by atoms with Gasteiger partial charge in [0.1, 0.15) is 17.2 Å². The number of rotatable bonds is 8. The number of hydrogen-bond acceptors (Lipinski definition) is 10. The molecule has 0 unspecified atom stereocenters. The van der Waals surface area contributed by atoms with Crippen molar-refractivity contribution >= 4 is 43.1 Å². The fraction of sp³-hybridized carbons (Fsp3) is 0.300. The summed E-state index contributed by atoms with van der Waals surface area (Å²) in [6.45, 7) is 1.42. The van der Waals surface area contributed by atoms with Crippen LogP contribution >= 0.6 is 0 Å². The summed E-state index contributed by atoms with van der Waals surface area (Å²) in [6, 6.07) is 5.74. The zero-order valence-corrected chi connectivity index (χ0v) is 21.1. The first-order valence-electron chi connectivity index (χ1n) is 10.1. The molecule has 0 atom stereocenters. The smallest absolute Gasteiger partial charge is 0.365 e. The summed E-state index contributed by atoms with van der Waals surface area (Å²) in [5, 5.41) is 5.08. The van der Waals surface area contributed by atoms with Crippen molar-refractivity contribution in [2.24, 2.45) is 0 Å². The van der Waals surface area contributed by atoms with Gasteiger partial charge in [0, 0.05) is 37.3 Å². The van der Waals surface area contributed by atoms with Gasteiger partial charge in [-0.2, -0.15) is 18.2 Å². The molecule has 0 fully saturated rings. The summed E-state index contributed by atoms with van der Waals surface area (Å²) < 4.78 is 88.8. The summed E-state index contributed by atoms with van der Waals surface area (Å²) >= 11 is 0. The summed E-state index contributed by atoms with van der Waals surface area (Å²) in [5.74, 6) is -0.716. The van der Waals surface area contributed by atoms with Crippen molar-refractivity contribution in [2.45, 2.75) is 24.7 Å². The zero-order chi connectivity index (χ0) is 26.9. The Hall–Kier alpha value is -3.53. The molecule has 3 aromatic rings. The average Bonchev–Trinajstić information content (AvgIpc) is 2.76. The molecule has 0 amide bonds. The van der Waals surface area contributed by atoms with E-state index in [4.69, 9.17) is 0 Å². The lowest BCUT2D eigenvalue weighted by Crippen LogP contribution is -2.27. The Morgan fingerprint density at radius 3 is 2.22 bits per heavy atom. The number of aromatic nitrogens is 4. The molecule has 36 heavy (non-hydrogen) atoms. The van der Waals surface area contributed by atoms with Crippen LogP contribution in [0.4, 0.5) is 36.4 Å². The minimum Gasteiger partial charge on any atom is -0.365 e. The molecular weight excluding hydrogens is 523 g/mol. The van der Waals surface area contributed by atoms with Gasteiger partial charge in [-0.3, -0.25) is 4.31 Å². The van der Waals surface area contributed by atoms with Crippen LogP contribution in [0, 0.1) is 6.92 Å². The van der Waals surface area contributed by atoms with Gasteiger partial charge in [0.2, 0.25) is 16.0 Å². The number of alkyl halides is 3. The first kappa shape index (κ1) is 27.1. The van der Waals surface area contributed by atoms with Crippen LogP contribution in [0.15, 0.2) is 41.7 Å². The summed E-state index contributed by atoms with van der Waals surface area (Å²) in [7, 11) is -5.92. The second-order valence-electron chi connectivity index (χ2n) is 7.76. The van der Waals surface area contributed by atoms with Gasteiger partial charge in [-0.15, -0.1) is 0 Å². The molecule has 3 aromatic heterocycles. The van der Waals surface area contributed by atoms with Crippen molar-refractivity contribution in [1.29, 1.82) is 0 Å². The third-order valence-corrected chi connectivity index (χ3v) is 6.97. The largest absolute Gasteiger partial charge is 0.421 e. The maximum Gasteiger partial charge on any atom is 0.421 e. The van der Waals surface area contributed by atoms with Crippen LogP contribution in [-0.4, -0.2) is 56.3 Å². The van der Waals surface area contributed by atoms with Crippen molar-refractivity contribution < 1.29 is 30.0 Å². The lowest BCUT2D eigenvalue weighted by atomic mass is 10.2. The van der Waals surface area contributed by atoms with Crippen molar-refractivity contribution in [3.8, 4) is 0 Å². The third-order valence-electron chi connectivity index (χ3n) is 4.80. The van der Waals surface area contributed by atoms with Gasteiger partial charge in [0.05, 0.1) is 18.1 Å². The Balaban J connectivity index is 1.92. The fourth-order valence-electron chi connectivity index (χ4n) is 2.91. The van der Waals surface area contributed by atoms with Crippen LogP contribution in [0.25, 0.3) is 0 Å². The molecule has 3 rings (SSSR count). The molecule has 0 saturated carbocycles. The SMILES string of the molecule is Cc1ccc(CNc2nc(Nc3ccc(S(C)(=O)=O)nc3)ncc2C(F)(F)F)c(N(C)S(C)(=O)=O)n1. The van der Waals surface area contributed by atoms with E-state index in [-0.39, 0.29) is 29.0 Å². The van der Waals surface area contributed by atoms with Crippen molar-refractivity contribution in [3.05, 3.63) is 53.5 Å². The van der Waals surface area contributed by atoms with Crippen LogP contribution in [0.1, 0.15) is 16.8 Å². The Morgan fingerprint density at radius 1 is 0.972 bits per heavy atom. The molecule has 0 aliphatic rings. The Bertz CT molecular complexity index is 1480. The molecule has 0 aromatic carbocycles. The predicted octanol–water partition coefficient (Wildman–Crippen LogP) is 2.75. The van der Waals surface area contributed by atoms with Gasteiger partial charge in [-0.1, -0.05) is 6.07 Å². The van der Waals surface area contributed by atoms with E-state index in [1.807, 2.05) is 0 Å². The number of sulfonamides is 1. The van der Waals surface area contributed by atoms with E-state index in [9.17, 15) is 30.0 Å². The maximum absolute atomic E-state index is 13.6. The number of sulfone groups is 1. The Labute approximate surface area is 205 Å². The summed E-state index contributed by atoms with van der Waals surface area (Å²) in [6.07, 6.45) is -1.04. The van der Waals surface area contributed by atoms with Crippen molar-refractivity contribution in [1.82, 2.24) is 19.9 Å². The monoisotopic (exact) mass is 545 g/mol. The highest BCUT2D eigenvalue weighted by atomic mass is 32.2. The van der Waals surface area contributed by atoms with E-state index < -0.39 is 37.4 Å². The van der Waals surface area contributed by atoms with E-state index in [1.165, 1.54) is 25.4 Å². The first-order chi connectivity index (χ1) is 16.6. The molecule has 194 valence electrons. The van der Waals surface area contributed by atoms with Crippen LogP contribution in [0.5, 0.6) is 0 Å². The quantitative estimate of drug-likeness (QED) is 0.433. The average molecular weight is 546 g/mol. The van der Waals surface area contributed by atoms with E-state index in [1.54, 1.807) is 19.1 Å². The molecule has 0 bridgehead atoms. The predicted molar refractivity (Wildman–Crippen MR) is 127 cm³/mol. The highest BCUT2D eigenvalue weighted by Gasteiger charge is 2.35. The minimum absolute atomic E-state index is 0.0583. The molecule has 11 nitrogen and oxygen atoms in total. The van der Waals surface area contributed by atoms with E-state index in [0.717, 1.165) is 16.8 Å². The number of aryl methyl sites for hydroxylation is 1. The van der Waals surface area contributed by atoms with Gasteiger partial charge >= 0.3 is 6.18 Å². The molecule has 0 saturated heterocycles. The molecule has 16 heteroatoms. The van der Waals surface area contributed by atoms with Gasteiger partial charge in [0.15, 0.2) is 14.9 Å². The third kappa shape index (κ3) is 6.57. The van der Waals surface area contributed by atoms with Gasteiger partial charge in [-0.05, 0) is 25.1 Å².